The normalized spacial score (nSPS) is 14.8. The summed E-state index contributed by atoms with van der Waals surface area (Å²) in [6.45, 7) is 3.55. The highest BCUT2D eigenvalue weighted by Gasteiger charge is 2.32. The highest BCUT2D eigenvalue weighted by atomic mass is 35.5. The molecule has 186 valence electrons. The van der Waals surface area contributed by atoms with E-state index in [-0.39, 0.29) is 12.1 Å². The first-order chi connectivity index (χ1) is 16.2. The van der Waals surface area contributed by atoms with Crippen molar-refractivity contribution in [1.82, 2.24) is 10.0 Å². The highest BCUT2D eigenvalue weighted by molar-refractivity contribution is 7.99. The maximum Gasteiger partial charge on any atom is 0.573 e. The Labute approximate surface area is 211 Å². The van der Waals surface area contributed by atoms with Gasteiger partial charge in [0.15, 0.2) is 0 Å². The van der Waals surface area contributed by atoms with Gasteiger partial charge >= 0.3 is 6.36 Å². The van der Waals surface area contributed by atoms with Crippen molar-refractivity contribution in [2.75, 3.05) is 30.0 Å². The number of carbonyl (C=O) groups is 1. The van der Waals surface area contributed by atoms with Crippen molar-refractivity contribution in [3.63, 3.8) is 0 Å². The molecule has 0 radical (unpaired) electrons. The summed E-state index contributed by atoms with van der Waals surface area (Å²) >= 11 is 9.29. The van der Waals surface area contributed by atoms with Crippen LogP contribution < -0.4 is 19.7 Å². The molecule has 11 heteroatoms. The Hall–Kier alpha value is -1.75. The number of halogens is 4. The van der Waals surface area contributed by atoms with Crippen molar-refractivity contribution in [2.45, 2.75) is 43.6 Å². The number of nitrogens with one attached hydrogen (secondary N) is 2. The molecule has 0 aromatic heterocycles. The molecule has 0 unspecified atom stereocenters. The molecule has 0 spiro atoms. The van der Waals surface area contributed by atoms with Gasteiger partial charge in [0.1, 0.15) is 5.75 Å². The lowest BCUT2D eigenvalue weighted by Gasteiger charge is -2.34. The molecular formula is C23H27ClF3N3O2S2. The summed E-state index contributed by atoms with van der Waals surface area (Å²) in [5, 5.41) is 3.35. The number of hydrogen-bond acceptors (Lipinski definition) is 6. The number of carbonyl (C=O) groups excluding carboxylic acids is 1. The molecule has 1 amide bonds. The lowest BCUT2D eigenvalue weighted by atomic mass is 10.0. The lowest BCUT2D eigenvalue weighted by Crippen LogP contribution is -2.40. The molecule has 0 aliphatic carbocycles. The van der Waals surface area contributed by atoms with Gasteiger partial charge in [-0.25, -0.2) is 0 Å². The zero-order valence-electron chi connectivity index (χ0n) is 18.9. The predicted molar refractivity (Wildman–Crippen MR) is 134 cm³/mol. The molecule has 0 atom stereocenters. The van der Waals surface area contributed by atoms with E-state index in [1.54, 1.807) is 41.9 Å². The number of rotatable bonds is 9. The van der Waals surface area contributed by atoms with E-state index in [4.69, 9.17) is 11.6 Å². The molecule has 0 saturated carbocycles. The van der Waals surface area contributed by atoms with E-state index in [1.807, 2.05) is 24.1 Å². The first-order valence-corrected chi connectivity index (χ1v) is 13.4. The van der Waals surface area contributed by atoms with Gasteiger partial charge in [-0.3, -0.25) is 9.52 Å². The van der Waals surface area contributed by atoms with Gasteiger partial charge < -0.3 is 15.0 Å². The second kappa shape index (κ2) is 12.3. The maximum absolute atomic E-state index is 12.9. The number of alkyl halides is 3. The van der Waals surface area contributed by atoms with E-state index < -0.39 is 18.0 Å². The van der Waals surface area contributed by atoms with Gasteiger partial charge in [-0.2, -0.15) is 0 Å². The third-order valence-corrected chi connectivity index (χ3v) is 7.10. The molecule has 2 N–H and O–H groups in total. The zero-order valence-corrected chi connectivity index (χ0v) is 21.3. The van der Waals surface area contributed by atoms with E-state index in [0.717, 1.165) is 35.1 Å². The summed E-state index contributed by atoms with van der Waals surface area (Å²) in [5.41, 5.74) is 1.48. The van der Waals surface area contributed by atoms with Gasteiger partial charge in [-0.1, -0.05) is 30.5 Å². The second-order valence-electron chi connectivity index (χ2n) is 7.71. The minimum absolute atomic E-state index is 0.104. The summed E-state index contributed by atoms with van der Waals surface area (Å²) in [5.74, 6) is -0.0453. The van der Waals surface area contributed by atoms with Crippen LogP contribution in [0.3, 0.4) is 0 Å². The van der Waals surface area contributed by atoms with Crippen LogP contribution in [-0.2, 0) is 6.54 Å². The van der Waals surface area contributed by atoms with Crippen LogP contribution in [0.25, 0.3) is 0 Å². The Balaban J connectivity index is 1.79. The minimum Gasteiger partial charge on any atom is -0.406 e. The number of piperidine rings is 1. The van der Waals surface area contributed by atoms with Gasteiger partial charge in [0, 0.05) is 52.9 Å². The smallest absolute Gasteiger partial charge is 0.406 e. The predicted octanol–water partition coefficient (Wildman–Crippen LogP) is 6.12. The Morgan fingerprint density at radius 1 is 1.21 bits per heavy atom. The van der Waals surface area contributed by atoms with Crippen molar-refractivity contribution in [1.29, 1.82) is 0 Å². The standard InChI is InChI=1S/C23H27ClF3N3O2S2/c1-3-34-21-5-4-17(24)10-16(21)14-28-22(31)15-11-19(13-20(12-15)32-23(25,26)27)30-8-6-18(7-9-30)29-33-2/h4-5,10-13,18,29H,3,6-9,14H2,1-2H3,(H,28,31). The second-order valence-corrected chi connectivity index (χ2v) is 10.1. The average Bonchev–Trinajstić information content (AvgIpc) is 2.78. The highest BCUT2D eigenvalue weighted by Crippen LogP contribution is 2.31. The van der Waals surface area contributed by atoms with Crippen LogP contribution in [0.15, 0.2) is 41.3 Å². The minimum atomic E-state index is -4.85. The van der Waals surface area contributed by atoms with Gasteiger partial charge in [0.25, 0.3) is 5.91 Å². The fraction of sp³-hybridized carbons (Fsp3) is 0.435. The van der Waals surface area contributed by atoms with E-state index in [2.05, 4.69) is 14.8 Å². The van der Waals surface area contributed by atoms with Crippen LogP contribution in [-0.4, -0.2) is 43.4 Å². The Morgan fingerprint density at radius 2 is 1.94 bits per heavy atom. The molecule has 2 aromatic rings. The van der Waals surface area contributed by atoms with Gasteiger partial charge in [-0.05, 0) is 60.7 Å². The number of nitrogens with zero attached hydrogens (tertiary/aromatic N) is 1. The van der Waals surface area contributed by atoms with Crippen LogP contribution in [0.2, 0.25) is 5.02 Å². The fourth-order valence-electron chi connectivity index (χ4n) is 3.77. The molecule has 1 saturated heterocycles. The Morgan fingerprint density at radius 3 is 2.59 bits per heavy atom. The van der Waals surface area contributed by atoms with Gasteiger partial charge in [0.2, 0.25) is 0 Å². The third kappa shape index (κ3) is 7.90. The Kier molecular flexibility index (Phi) is 9.70. The summed E-state index contributed by atoms with van der Waals surface area (Å²) in [6, 6.07) is 9.86. The Bertz CT molecular complexity index is 986. The number of hydrogen-bond donors (Lipinski definition) is 2. The molecule has 3 rings (SSSR count). The van der Waals surface area contributed by atoms with Crippen molar-refractivity contribution in [3.8, 4) is 5.75 Å². The van der Waals surface area contributed by atoms with Crippen molar-refractivity contribution in [2.24, 2.45) is 0 Å². The monoisotopic (exact) mass is 533 g/mol. The van der Waals surface area contributed by atoms with E-state index in [0.29, 0.717) is 29.8 Å². The van der Waals surface area contributed by atoms with Crippen LogP contribution in [0.4, 0.5) is 18.9 Å². The first kappa shape index (κ1) is 26.8. The van der Waals surface area contributed by atoms with Crippen LogP contribution >= 0.6 is 35.3 Å². The summed E-state index contributed by atoms with van der Waals surface area (Å²) in [6.07, 6.45) is -1.20. The molecule has 34 heavy (non-hydrogen) atoms. The molecule has 1 aliphatic rings. The SMILES string of the molecule is CCSc1ccc(Cl)cc1CNC(=O)c1cc(OC(F)(F)F)cc(N2CCC(NSC)CC2)c1. The van der Waals surface area contributed by atoms with Crippen molar-refractivity contribution in [3.05, 3.63) is 52.5 Å². The molecular weight excluding hydrogens is 507 g/mol. The molecule has 2 aromatic carbocycles. The number of anilines is 1. The maximum atomic E-state index is 12.9. The first-order valence-electron chi connectivity index (χ1n) is 10.8. The largest absolute Gasteiger partial charge is 0.573 e. The third-order valence-electron chi connectivity index (χ3n) is 5.29. The summed E-state index contributed by atoms with van der Waals surface area (Å²) in [4.78, 5) is 15.9. The molecule has 1 aliphatic heterocycles. The topological polar surface area (TPSA) is 53.6 Å². The van der Waals surface area contributed by atoms with Crippen LogP contribution in [0.5, 0.6) is 5.75 Å². The van der Waals surface area contributed by atoms with Gasteiger partial charge in [-0.15, -0.1) is 24.9 Å². The van der Waals surface area contributed by atoms with Gasteiger partial charge in [0.05, 0.1) is 0 Å². The van der Waals surface area contributed by atoms with E-state index in [1.165, 1.54) is 6.07 Å². The summed E-state index contributed by atoms with van der Waals surface area (Å²) in [7, 11) is 0. The zero-order chi connectivity index (χ0) is 24.7. The average molecular weight is 534 g/mol. The van der Waals surface area contributed by atoms with Crippen LogP contribution in [0, 0.1) is 0 Å². The van der Waals surface area contributed by atoms with Crippen molar-refractivity contribution >= 4 is 46.9 Å². The lowest BCUT2D eigenvalue weighted by molar-refractivity contribution is -0.274. The molecule has 1 heterocycles. The number of benzene rings is 2. The summed E-state index contributed by atoms with van der Waals surface area (Å²) < 4.78 is 46.3. The fourth-order valence-corrected chi connectivity index (χ4v) is 5.33. The molecule has 5 nitrogen and oxygen atoms in total. The van der Waals surface area contributed by atoms with Crippen LogP contribution in [0.1, 0.15) is 35.7 Å². The molecule has 1 fully saturated rings. The number of ether oxygens (including phenoxy) is 1. The van der Waals surface area contributed by atoms with E-state index >= 15 is 0 Å². The van der Waals surface area contributed by atoms with E-state index in [9.17, 15) is 18.0 Å². The van der Waals surface area contributed by atoms with Crippen molar-refractivity contribution < 1.29 is 22.7 Å². The number of thioether (sulfide) groups is 1. The number of amides is 1. The quantitative estimate of drug-likeness (QED) is 0.299. The molecule has 0 bridgehead atoms.